The fraction of sp³-hybridized carbons (Fsp3) is 0.278. The third-order valence-electron chi connectivity index (χ3n) is 4.41. The number of carbonyl (C=O) groups excluding carboxylic acids is 2. The highest BCUT2D eigenvalue weighted by Gasteiger charge is 2.41. The molecule has 0 radical (unpaired) electrons. The molecule has 0 amide bonds. The second-order valence-electron chi connectivity index (χ2n) is 6.05. The lowest BCUT2D eigenvalue weighted by molar-refractivity contribution is -0.135. The molecule has 0 aromatic heterocycles. The van der Waals surface area contributed by atoms with Gasteiger partial charge in [-0.05, 0) is 25.1 Å². The fourth-order valence-corrected chi connectivity index (χ4v) is 2.97. The van der Waals surface area contributed by atoms with Crippen molar-refractivity contribution in [3.63, 3.8) is 0 Å². The van der Waals surface area contributed by atoms with E-state index in [9.17, 15) is 9.59 Å². The number of benzene rings is 1. The smallest absolute Gasteiger partial charge is 0.337 e. The first-order chi connectivity index (χ1) is 12.0. The minimum absolute atomic E-state index is 0.111. The molecule has 0 N–H and O–H groups in total. The number of nitrogens with zero attached hydrogens (tertiary/aromatic N) is 1. The van der Waals surface area contributed by atoms with Gasteiger partial charge in [0.25, 0.3) is 0 Å². The summed E-state index contributed by atoms with van der Waals surface area (Å²) in [5.74, 6) is 0.944. The Morgan fingerprint density at radius 2 is 2.08 bits per heavy atom. The minimum Gasteiger partial charge on any atom is -0.465 e. The molecule has 0 saturated heterocycles. The van der Waals surface area contributed by atoms with Crippen molar-refractivity contribution >= 4 is 18.2 Å². The van der Waals surface area contributed by atoms with Gasteiger partial charge in [0.1, 0.15) is 0 Å². The van der Waals surface area contributed by atoms with E-state index in [4.69, 9.17) is 18.9 Å². The van der Waals surface area contributed by atoms with Gasteiger partial charge in [-0.25, -0.2) is 9.79 Å². The van der Waals surface area contributed by atoms with Crippen molar-refractivity contribution in [1.29, 1.82) is 0 Å². The molecule has 128 valence electrons. The number of methoxy groups -OCH3 is 1. The lowest BCUT2D eigenvalue weighted by Crippen LogP contribution is -2.30. The highest BCUT2D eigenvalue weighted by molar-refractivity contribution is 6.04. The van der Waals surface area contributed by atoms with Gasteiger partial charge >= 0.3 is 5.97 Å². The zero-order chi connectivity index (χ0) is 17.6. The van der Waals surface area contributed by atoms with Gasteiger partial charge in [-0.1, -0.05) is 6.08 Å². The quantitative estimate of drug-likeness (QED) is 0.619. The zero-order valence-electron chi connectivity index (χ0n) is 13.7. The summed E-state index contributed by atoms with van der Waals surface area (Å²) >= 11 is 0. The molecule has 2 heterocycles. The molecule has 7 nitrogen and oxygen atoms in total. The maximum absolute atomic E-state index is 11.7. The largest absolute Gasteiger partial charge is 0.465 e. The van der Waals surface area contributed by atoms with Gasteiger partial charge in [0.05, 0.1) is 23.9 Å². The van der Waals surface area contributed by atoms with Crippen LogP contribution in [-0.2, 0) is 14.3 Å². The number of aliphatic imine (C=N–C) groups is 1. The Kier molecular flexibility index (Phi) is 3.38. The molecule has 1 aromatic carbocycles. The molecule has 0 saturated carbocycles. The van der Waals surface area contributed by atoms with Crippen LogP contribution >= 0.6 is 0 Å². The predicted molar refractivity (Wildman–Crippen MR) is 86.8 cm³/mol. The Morgan fingerprint density at radius 1 is 1.32 bits per heavy atom. The van der Waals surface area contributed by atoms with Crippen LogP contribution in [0.15, 0.2) is 40.5 Å². The average molecular weight is 341 g/mol. The first-order valence-electron chi connectivity index (χ1n) is 7.71. The summed E-state index contributed by atoms with van der Waals surface area (Å²) in [4.78, 5) is 27.7. The maximum atomic E-state index is 11.7. The van der Waals surface area contributed by atoms with Crippen LogP contribution in [0.5, 0.6) is 11.5 Å². The SMILES string of the molecule is COC(=O)C1=CCC2(C)OC(c3cc4c(cc3C=O)OCO4)=NC2=C1. The molecular formula is C18H15NO6. The highest BCUT2D eigenvalue weighted by Crippen LogP contribution is 2.41. The first-order valence-corrected chi connectivity index (χ1v) is 7.71. The number of ether oxygens (including phenoxy) is 4. The van der Waals surface area contributed by atoms with Crippen molar-refractivity contribution in [3.8, 4) is 11.5 Å². The number of hydrogen-bond donors (Lipinski definition) is 0. The van der Waals surface area contributed by atoms with Crippen molar-refractivity contribution in [2.45, 2.75) is 18.9 Å². The van der Waals surface area contributed by atoms with Crippen LogP contribution in [-0.4, -0.2) is 37.7 Å². The second-order valence-corrected chi connectivity index (χ2v) is 6.05. The van der Waals surface area contributed by atoms with E-state index < -0.39 is 11.6 Å². The lowest BCUT2D eigenvalue weighted by atomic mass is 9.91. The molecule has 4 rings (SSSR count). The molecule has 0 spiro atoms. The van der Waals surface area contributed by atoms with Crippen LogP contribution in [0.1, 0.15) is 29.3 Å². The molecule has 1 unspecified atom stereocenters. The Balaban J connectivity index is 1.75. The van der Waals surface area contributed by atoms with Crippen LogP contribution in [0.3, 0.4) is 0 Å². The van der Waals surface area contributed by atoms with Crippen LogP contribution < -0.4 is 9.47 Å². The number of esters is 1. The summed E-state index contributed by atoms with van der Waals surface area (Å²) in [5, 5.41) is 0. The zero-order valence-corrected chi connectivity index (χ0v) is 13.7. The first kappa shape index (κ1) is 15.4. The van der Waals surface area contributed by atoms with Crippen molar-refractivity contribution in [2.75, 3.05) is 13.9 Å². The van der Waals surface area contributed by atoms with E-state index in [0.717, 1.165) is 6.29 Å². The molecule has 1 aromatic rings. The minimum atomic E-state index is -0.691. The van der Waals surface area contributed by atoms with Gasteiger partial charge in [-0.3, -0.25) is 4.79 Å². The molecule has 1 aliphatic carbocycles. The van der Waals surface area contributed by atoms with E-state index in [1.165, 1.54) is 7.11 Å². The van der Waals surface area contributed by atoms with Crippen molar-refractivity contribution in [1.82, 2.24) is 0 Å². The Morgan fingerprint density at radius 3 is 2.80 bits per heavy atom. The highest BCUT2D eigenvalue weighted by atomic mass is 16.7. The molecule has 25 heavy (non-hydrogen) atoms. The van der Waals surface area contributed by atoms with Crippen molar-refractivity contribution in [3.05, 3.63) is 46.7 Å². The fourth-order valence-electron chi connectivity index (χ4n) is 2.97. The third kappa shape index (κ3) is 2.39. The summed E-state index contributed by atoms with van der Waals surface area (Å²) in [7, 11) is 1.33. The van der Waals surface area contributed by atoms with Gasteiger partial charge < -0.3 is 18.9 Å². The van der Waals surface area contributed by atoms with E-state index in [-0.39, 0.29) is 6.79 Å². The number of hydrogen-bond acceptors (Lipinski definition) is 7. The molecule has 3 aliphatic rings. The number of carbonyl (C=O) groups is 2. The Bertz CT molecular complexity index is 882. The molecule has 0 fully saturated rings. The molecule has 1 atom stereocenters. The molecule has 7 heteroatoms. The number of rotatable bonds is 3. The topological polar surface area (TPSA) is 83.4 Å². The van der Waals surface area contributed by atoms with Crippen LogP contribution in [0.25, 0.3) is 0 Å². The lowest BCUT2D eigenvalue weighted by Gasteiger charge is -2.26. The van der Waals surface area contributed by atoms with Gasteiger partial charge in [0.2, 0.25) is 12.7 Å². The van der Waals surface area contributed by atoms with Gasteiger partial charge in [0.15, 0.2) is 23.4 Å². The van der Waals surface area contributed by atoms with Gasteiger partial charge in [-0.15, -0.1) is 0 Å². The maximum Gasteiger partial charge on any atom is 0.337 e. The summed E-state index contributed by atoms with van der Waals surface area (Å²) in [6.07, 6.45) is 4.60. The van der Waals surface area contributed by atoms with Crippen molar-refractivity contribution < 1.29 is 28.5 Å². The molecule has 0 bridgehead atoms. The third-order valence-corrected chi connectivity index (χ3v) is 4.41. The summed E-state index contributed by atoms with van der Waals surface area (Å²) < 4.78 is 21.4. The molecule has 2 aliphatic heterocycles. The average Bonchev–Trinajstić information content (AvgIpc) is 3.21. The van der Waals surface area contributed by atoms with Crippen LogP contribution in [0.2, 0.25) is 0 Å². The summed E-state index contributed by atoms with van der Waals surface area (Å²) in [6, 6.07) is 3.29. The normalized spacial score (nSPS) is 23.0. The van der Waals surface area contributed by atoms with E-state index in [1.807, 2.05) is 6.92 Å². The van der Waals surface area contributed by atoms with E-state index in [1.54, 1.807) is 24.3 Å². The van der Waals surface area contributed by atoms with E-state index in [0.29, 0.717) is 46.2 Å². The monoisotopic (exact) mass is 341 g/mol. The summed E-state index contributed by atoms with van der Waals surface area (Å²) in [6.45, 7) is 1.99. The predicted octanol–water partition coefficient (Wildman–Crippen LogP) is 2.15. The number of fused-ring (bicyclic) bond motifs is 2. The van der Waals surface area contributed by atoms with Gasteiger partial charge in [-0.2, -0.15) is 0 Å². The van der Waals surface area contributed by atoms with E-state index in [2.05, 4.69) is 4.99 Å². The summed E-state index contributed by atoms with van der Waals surface area (Å²) in [5.41, 5.74) is 1.27. The number of aldehydes is 1. The van der Waals surface area contributed by atoms with Crippen molar-refractivity contribution in [2.24, 2.45) is 4.99 Å². The van der Waals surface area contributed by atoms with E-state index >= 15 is 0 Å². The second kappa shape index (κ2) is 5.47. The Labute approximate surface area is 143 Å². The Hall–Kier alpha value is -3.09. The van der Waals surface area contributed by atoms with Crippen LogP contribution in [0, 0.1) is 0 Å². The van der Waals surface area contributed by atoms with Gasteiger partial charge in [0, 0.05) is 12.0 Å². The standard InChI is InChI=1S/C18H15NO6/c1-18-4-3-10(17(21)22-2)6-15(18)19-16(25-18)12-7-14-13(23-9-24-14)5-11(12)8-20/h3,5-8H,4,9H2,1-2H3. The molecular weight excluding hydrogens is 326 g/mol. The van der Waals surface area contributed by atoms with Crippen LogP contribution in [0.4, 0.5) is 0 Å².